The summed E-state index contributed by atoms with van der Waals surface area (Å²) >= 11 is 0. The van der Waals surface area contributed by atoms with Gasteiger partial charge in [-0.15, -0.1) is 0 Å². The van der Waals surface area contributed by atoms with Gasteiger partial charge in [-0.3, -0.25) is 0 Å². The third-order valence-corrected chi connectivity index (χ3v) is 10.4. The molecule has 0 unspecified atom stereocenters. The van der Waals surface area contributed by atoms with E-state index in [0.717, 1.165) is 28.4 Å². The fourth-order valence-corrected chi connectivity index (χ4v) is 8.47. The topological polar surface area (TPSA) is 16.3 Å². The lowest BCUT2D eigenvalue weighted by atomic mass is 9.33. The number of para-hydroxylation sites is 1. The van der Waals surface area contributed by atoms with Gasteiger partial charge < -0.3 is 18.9 Å². The summed E-state index contributed by atoms with van der Waals surface area (Å²) in [6.45, 7) is 2.10. The van der Waals surface area contributed by atoms with Gasteiger partial charge in [0.25, 0.3) is 6.71 Å². The number of hydrogen-bond acceptors (Lipinski definition) is 2. The highest BCUT2D eigenvalue weighted by atomic mass is 19.1. The minimum atomic E-state index is -0.250. The van der Waals surface area contributed by atoms with Crippen molar-refractivity contribution in [3.05, 3.63) is 139 Å². The molecule has 2 aliphatic rings. The highest BCUT2D eigenvalue weighted by Gasteiger charge is 2.45. The van der Waals surface area contributed by atoms with Crippen molar-refractivity contribution >= 4 is 89.9 Å². The molecule has 0 amide bonds. The van der Waals surface area contributed by atoms with E-state index in [1.54, 1.807) is 6.07 Å². The Morgan fingerprint density at radius 2 is 1.36 bits per heavy atom. The fraction of sp³-hybridized carbons (Fsp3) is 0.0732. The zero-order valence-corrected chi connectivity index (χ0v) is 26.4. The summed E-state index contributed by atoms with van der Waals surface area (Å²) in [6.07, 6.45) is 2.16. The second-order valence-corrected chi connectivity index (χ2v) is 13.0. The molecule has 6 heteroatoms. The van der Waals surface area contributed by atoms with Crippen molar-refractivity contribution in [2.75, 3.05) is 9.80 Å². The molecule has 0 fully saturated rings. The number of aromatic nitrogens is 2. The number of anilines is 6. The average molecular weight is 609 g/mol. The van der Waals surface area contributed by atoms with Crippen LogP contribution in [0.1, 0.15) is 5.56 Å². The molecule has 8 aromatic rings. The van der Waals surface area contributed by atoms with Gasteiger partial charge in [0.15, 0.2) is 0 Å². The molecule has 4 nitrogen and oxygen atoms in total. The minimum Gasteiger partial charge on any atom is -0.349 e. The van der Waals surface area contributed by atoms with Gasteiger partial charge in [-0.25, -0.2) is 4.39 Å². The number of rotatable bonds is 2. The monoisotopic (exact) mass is 608 g/mol. The average Bonchev–Trinajstić information content (AvgIpc) is 3.61. The lowest BCUT2D eigenvalue weighted by molar-refractivity contribution is 0.628. The molecule has 0 saturated carbocycles. The molecule has 4 heterocycles. The van der Waals surface area contributed by atoms with Crippen molar-refractivity contribution in [1.82, 2.24) is 9.13 Å². The Balaban J connectivity index is 1.42. The van der Waals surface area contributed by atoms with Crippen LogP contribution in [0, 0.1) is 12.7 Å². The smallest absolute Gasteiger partial charge is 0.253 e. The molecule has 0 atom stereocenters. The summed E-state index contributed by atoms with van der Waals surface area (Å²) < 4.78 is 19.6. The van der Waals surface area contributed by atoms with Crippen molar-refractivity contribution in [3.63, 3.8) is 0 Å². The summed E-state index contributed by atoms with van der Waals surface area (Å²) in [5, 5.41) is 3.68. The van der Waals surface area contributed by atoms with Crippen LogP contribution in [0.3, 0.4) is 0 Å². The fourth-order valence-electron chi connectivity index (χ4n) is 8.47. The lowest BCUT2D eigenvalue weighted by Gasteiger charge is -2.44. The highest BCUT2D eigenvalue weighted by Crippen LogP contribution is 2.47. The molecule has 0 aliphatic carbocycles. The molecule has 0 spiro atoms. The Labute approximate surface area is 272 Å². The molecular formula is C41H30BFN4. The molecule has 2 aliphatic heterocycles. The quantitative estimate of drug-likeness (QED) is 0.184. The van der Waals surface area contributed by atoms with E-state index in [9.17, 15) is 0 Å². The third-order valence-electron chi connectivity index (χ3n) is 10.4. The van der Waals surface area contributed by atoms with Gasteiger partial charge >= 0.3 is 0 Å². The van der Waals surface area contributed by atoms with Gasteiger partial charge in [0.1, 0.15) is 5.82 Å². The standard InChI is InChI=1S/C41H30BFN4/c1-25-9-6-11-28(23-25)47-35-16-8-15-34-38(35)42(31-18-17-26-21-22-44(2)40(26)41(31)47)39-36(46(34)29-12-7-10-27(43)24-29)20-19-33-37(39)30-13-4-5-14-32(30)45(33)3/h4-24H,1-3H3. The minimum absolute atomic E-state index is 0.0501. The first-order valence-corrected chi connectivity index (χ1v) is 16.1. The molecule has 2 aromatic heterocycles. The number of halogens is 1. The van der Waals surface area contributed by atoms with Gasteiger partial charge in [-0.2, -0.15) is 0 Å². The van der Waals surface area contributed by atoms with Gasteiger partial charge in [0, 0.05) is 75.9 Å². The summed E-state index contributed by atoms with van der Waals surface area (Å²) in [5.41, 5.74) is 15.0. The normalized spacial score (nSPS) is 13.4. The zero-order chi connectivity index (χ0) is 31.6. The molecule has 0 saturated heterocycles. The maximum Gasteiger partial charge on any atom is 0.253 e. The van der Waals surface area contributed by atoms with E-state index in [-0.39, 0.29) is 12.5 Å². The molecular weight excluding hydrogens is 578 g/mol. The van der Waals surface area contributed by atoms with Gasteiger partial charge in [0.2, 0.25) is 0 Å². The molecule has 224 valence electrons. The van der Waals surface area contributed by atoms with Crippen LogP contribution in [0.25, 0.3) is 32.7 Å². The molecule has 6 aromatic carbocycles. The highest BCUT2D eigenvalue weighted by molar-refractivity contribution is 7.02. The molecule has 0 radical (unpaired) electrons. The van der Waals surface area contributed by atoms with Crippen molar-refractivity contribution in [3.8, 4) is 0 Å². The van der Waals surface area contributed by atoms with Gasteiger partial charge in [-0.1, -0.05) is 54.6 Å². The largest absolute Gasteiger partial charge is 0.349 e. The summed E-state index contributed by atoms with van der Waals surface area (Å²) in [5.74, 6) is -0.250. The molecule has 0 bridgehead atoms. The maximum atomic E-state index is 15.0. The Morgan fingerprint density at radius 1 is 0.617 bits per heavy atom. The number of aryl methyl sites for hydroxylation is 3. The first-order chi connectivity index (χ1) is 23.0. The predicted octanol–water partition coefficient (Wildman–Crippen LogP) is 8.35. The summed E-state index contributed by atoms with van der Waals surface area (Å²) in [6, 6.07) is 42.4. The van der Waals surface area contributed by atoms with Crippen LogP contribution in [0.15, 0.2) is 128 Å². The van der Waals surface area contributed by atoms with E-state index >= 15 is 4.39 Å². The van der Waals surface area contributed by atoms with E-state index in [1.807, 2.05) is 12.1 Å². The summed E-state index contributed by atoms with van der Waals surface area (Å²) in [7, 11) is 4.30. The maximum absolute atomic E-state index is 15.0. The number of benzene rings is 6. The SMILES string of the molecule is Cc1cccc(N2c3cccc4c3B(c3ccc5ccn(C)c5c32)c2c(ccc3c2c2ccccc2n3C)N4c2cccc(F)c2)c1. The number of nitrogens with zero attached hydrogens (tertiary/aromatic N) is 4. The second-order valence-electron chi connectivity index (χ2n) is 13.0. The van der Waals surface area contributed by atoms with Crippen LogP contribution in [-0.2, 0) is 14.1 Å². The van der Waals surface area contributed by atoms with E-state index in [4.69, 9.17) is 0 Å². The Morgan fingerprint density at radius 3 is 2.19 bits per heavy atom. The van der Waals surface area contributed by atoms with Crippen molar-refractivity contribution in [2.24, 2.45) is 14.1 Å². The Kier molecular flexibility index (Phi) is 5.29. The molecule has 0 N–H and O–H groups in total. The molecule has 10 rings (SSSR count). The van der Waals surface area contributed by atoms with E-state index < -0.39 is 0 Å². The van der Waals surface area contributed by atoms with Crippen molar-refractivity contribution in [2.45, 2.75) is 6.92 Å². The molecule has 47 heavy (non-hydrogen) atoms. The first-order valence-electron chi connectivity index (χ1n) is 16.1. The van der Waals surface area contributed by atoms with Crippen molar-refractivity contribution < 1.29 is 4.39 Å². The Hall–Kier alpha value is -5.75. The van der Waals surface area contributed by atoms with Crippen LogP contribution in [0.5, 0.6) is 0 Å². The first kappa shape index (κ1) is 26.5. The lowest BCUT2D eigenvalue weighted by Crippen LogP contribution is -2.61. The second kappa shape index (κ2) is 9.40. The van der Waals surface area contributed by atoms with Crippen LogP contribution >= 0.6 is 0 Å². The Bertz CT molecular complexity index is 2610. The van der Waals surface area contributed by atoms with E-state index in [1.165, 1.54) is 66.4 Å². The van der Waals surface area contributed by atoms with Crippen LogP contribution in [0.4, 0.5) is 38.5 Å². The number of fused-ring (bicyclic) bond motifs is 10. The van der Waals surface area contributed by atoms with Crippen LogP contribution < -0.4 is 26.2 Å². The van der Waals surface area contributed by atoms with Crippen LogP contribution in [-0.4, -0.2) is 15.8 Å². The van der Waals surface area contributed by atoms with Crippen LogP contribution in [0.2, 0.25) is 0 Å². The van der Waals surface area contributed by atoms with Gasteiger partial charge in [0.05, 0.1) is 11.2 Å². The van der Waals surface area contributed by atoms with Crippen molar-refractivity contribution in [1.29, 1.82) is 0 Å². The zero-order valence-electron chi connectivity index (χ0n) is 26.4. The summed E-state index contributed by atoms with van der Waals surface area (Å²) in [4.78, 5) is 4.73. The van der Waals surface area contributed by atoms with Gasteiger partial charge in [-0.05, 0) is 95.6 Å². The number of hydrogen-bond donors (Lipinski definition) is 0. The van der Waals surface area contributed by atoms with E-state index in [2.05, 4.69) is 143 Å². The predicted molar refractivity (Wildman–Crippen MR) is 196 cm³/mol. The third kappa shape index (κ3) is 3.47. The van der Waals surface area contributed by atoms with E-state index in [0.29, 0.717) is 0 Å².